The molecule has 2 amide bonds. The van der Waals surface area contributed by atoms with Gasteiger partial charge in [0.15, 0.2) is 0 Å². The Kier molecular flexibility index (Phi) is 8.61. The van der Waals surface area contributed by atoms with E-state index in [2.05, 4.69) is 10.2 Å². The molecule has 0 spiro atoms. The van der Waals surface area contributed by atoms with E-state index in [1.807, 2.05) is 9.80 Å². The van der Waals surface area contributed by atoms with Crippen molar-refractivity contribution in [2.75, 3.05) is 52.4 Å². The van der Waals surface area contributed by atoms with Gasteiger partial charge in [0.2, 0.25) is 11.8 Å². The largest absolute Gasteiger partial charge is 0.338 e. The second-order valence-electron chi connectivity index (χ2n) is 6.34. The van der Waals surface area contributed by atoms with Crippen LogP contribution in [0.25, 0.3) is 0 Å². The third-order valence-electron chi connectivity index (χ3n) is 4.86. The maximum atomic E-state index is 12.3. The molecule has 1 unspecified atom stereocenters. The van der Waals surface area contributed by atoms with Crippen LogP contribution in [0.5, 0.6) is 0 Å². The summed E-state index contributed by atoms with van der Waals surface area (Å²) in [5.74, 6) is 0.446. The summed E-state index contributed by atoms with van der Waals surface area (Å²) < 4.78 is 0. The molecule has 0 aromatic rings. The molecule has 3 saturated heterocycles. The van der Waals surface area contributed by atoms with Crippen molar-refractivity contribution in [3.63, 3.8) is 0 Å². The molecule has 3 heterocycles. The first kappa shape index (κ1) is 20.5. The summed E-state index contributed by atoms with van der Waals surface area (Å²) in [6, 6.07) is 0.0110. The van der Waals surface area contributed by atoms with Gasteiger partial charge in [0.05, 0.1) is 12.6 Å². The number of hydrogen-bond acceptors (Lipinski definition) is 4. The van der Waals surface area contributed by atoms with Crippen molar-refractivity contribution in [2.45, 2.75) is 31.7 Å². The van der Waals surface area contributed by atoms with Gasteiger partial charge in [-0.05, 0) is 45.3 Å². The average molecular weight is 367 g/mol. The van der Waals surface area contributed by atoms with Crippen molar-refractivity contribution in [1.29, 1.82) is 0 Å². The van der Waals surface area contributed by atoms with Crippen molar-refractivity contribution < 1.29 is 9.59 Å². The van der Waals surface area contributed by atoms with Gasteiger partial charge in [0.1, 0.15) is 0 Å². The second-order valence-corrected chi connectivity index (χ2v) is 6.34. The van der Waals surface area contributed by atoms with Crippen molar-refractivity contribution >= 4 is 36.6 Å². The van der Waals surface area contributed by atoms with Crippen LogP contribution in [0.1, 0.15) is 25.7 Å². The molecule has 0 aromatic heterocycles. The fourth-order valence-corrected chi connectivity index (χ4v) is 3.52. The number of carbonyl (C=O) groups excluding carboxylic acids is 2. The number of nitrogens with one attached hydrogen (secondary N) is 1. The Bertz CT molecular complexity index is 391. The molecule has 3 aliphatic heterocycles. The summed E-state index contributed by atoms with van der Waals surface area (Å²) in [6.07, 6.45) is 4.46. The number of piperazine rings is 1. The third kappa shape index (κ3) is 5.21. The molecule has 0 radical (unpaired) electrons. The van der Waals surface area contributed by atoms with Crippen LogP contribution in [-0.4, -0.2) is 84.9 Å². The third-order valence-corrected chi connectivity index (χ3v) is 4.86. The van der Waals surface area contributed by atoms with Crippen LogP contribution >= 0.6 is 24.8 Å². The standard InChI is InChI=1S/C15H26N4O2.2ClH/c20-14(12-17-6-1-2-7-17)18-8-10-19(11-9-18)15(21)13-4-3-5-16-13;;/h13,16H,1-12H2;2*1H. The van der Waals surface area contributed by atoms with Crippen molar-refractivity contribution in [1.82, 2.24) is 20.0 Å². The SMILES string of the molecule is Cl.Cl.O=C(CN1CCCC1)N1CCN(C(=O)C2CCCN2)CC1. The molecule has 0 bridgehead atoms. The minimum Gasteiger partial charge on any atom is -0.338 e. The highest BCUT2D eigenvalue weighted by Gasteiger charge is 2.30. The Hall–Kier alpha value is -0.560. The highest BCUT2D eigenvalue weighted by Crippen LogP contribution is 2.12. The maximum absolute atomic E-state index is 12.3. The highest BCUT2D eigenvalue weighted by atomic mass is 35.5. The van der Waals surface area contributed by atoms with Crippen molar-refractivity contribution in [3.8, 4) is 0 Å². The second kappa shape index (κ2) is 9.67. The van der Waals surface area contributed by atoms with Crippen LogP contribution in [0.15, 0.2) is 0 Å². The van der Waals surface area contributed by atoms with Crippen LogP contribution < -0.4 is 5.32 Å². The molecular weight excluding hydrogens is 339 g/mol. The maximum Gasteiger partial charge on any atom is 0.239 e. The highest BCUT2D eigenvalue weighted by molar-refractivity contribution is 5.85. The van der Waals surface area contributed by atoms with Crippen LogP contribution in [0.2, 0.25) is 0 Å². The lowest BCUT2D eigenvalue weighted by molar-refractivity contribution is -0.141. The number of nitrogens with zero attached hydrogens (tertiary/aromatic N) is 3. The van der Waals surface area contributed by atoms with E-state index in [0.717, 1.165) is 32.5 Å². The monoisotopic (exact) mass is 366 g/mol. The number of rotatable bonds is 3. The van der Waals surface area contributed by atoms with Crippen LogP contribution in [-0.2, 0) is 9.59 Å². The summed E-state index contributed by atoms with van der Waals surface area (Å²) in [4.78, 5) is 30.6. The van der Waals surface area contributed by atoms with E-state index < -0.39 is 0 Å². The van der Waals surface area contributed by atoms with E-state index in [1.54, 1.807) is 0 Å². The summed E-state index contributed by atoms with van der Waals surface area (Å²) in [5.41, 5.74) is 0. The van der Waals surface area contributed by atoms with Crippen molar-refractivity contribution in [2.24, 2.45) is 0 Å². The molecule has 23 heavy (non-hydrogen) atoms. The van der Waals surface area contributed by atoms with Gasteiger partial charge < -0.3 is 15.1 Å². The first-order valence-corrected chi connectivity index (χ1v) is 8.26. The molecule has 134 valence electrons. The van der Waals surface area contributed by atoms with Gasteiger partial charge in [-0.25, -0.2) is 0 Å². The van der Waals surface area contributed by atoms with E-state index >= 15 is 0 Å². The Balaban J connectivity index is 0.00000132. The normalized spacial score (nSPS) is 25.0. The molecule has 3 aliphatic rings. The van der Waals surface area contributed by atoms with Gasteiger partial charge in [-0.15, -0.1) is 24.8 Å². The fourth-order valence-electron chi connectivity index (χ4n) is 3.52. The number of amides is 2. The summed E-state index contributed by atoms with van der Waals surface area (Å²) in [5, 5.41) is 3.26. The molecule has 8 heteroatoms. The first-order valence-electron chi connectivity index (χ1n) is 8.26. The molecule has 3 fully saturated rings. The Morgan fingerprint density at radius 2 is 1.48 bits per heavy atom. The van der Waals surface area contributed by atoms with Gasteiger partial charge in [0.25, 0.3) is 0 Å². The van der Waals surface area contributed by atoms with Gasteiger partial charge in [0, 0.05) is 26.2 Å². The van der Waals surface area contributed by atoms with E-state index in [1.165, 1.54) is 12.8 Å². The van der Waals surface area contributed by atoms with Gasteiger partial charge in [-0.2, -0.15) is 0 Å². The van der Waals surface area contributed by atoms with E-state index in [4.69, 9.17) is 0 Å². The lowest BCUT2D eigenvalue weighted by Crippen LogP contribution is -2.55. The predicted molar refractivity (Wildman–Crippen MR) is 94.4 cm³/mol. The molecule has 0 saturated carbocycles. The van der Waals surface area contributed by atoms with Gasteiger partial charge in [-0.1, -0.05) is 0 Å². The molecule has 1 atom stereocenters. The zero-order chi connectivity index (χ0) is 14.7. The molecule has 0 aliphatic carbocycles. The van der Waals surface area contributed by atoms with Gasteiger partial charge >= 0.3 is 0 Å². The minimum atomic E-state index is 0. The topological polar surface area (TPSA) is 55.9 Å². The Morgan fingerprint density at radius 3 is 2.04 bits per heavy atom. The van der Waals surface area contributed by atoms with E-state index in [-0.39, 0.29) is 42.7 Å². The Morgan fingerprint density at radius 1 is 0.870 bits per heavy atom. The van der Waals surface area contributed by atoms with Crippen LogP contribution in [0.3, 0.4) is 0 Å². The molecular formula is C15H28Cl2N4O2. The van der Waals surface area contributed by atoms with Crippen molar-refractivity contribution in [3.05, 3.63) is 0 Å². The quantitative estimate of drug-likeness (QED) is 0.782. The lowest BCUT2D eigenvalue weighted by Gasteiger charge is -2.36. The predicted octanol–water partition coefficient (Wildman–Crippen LogP) is 0.349. The lowest BCUT2D eigenvalue weighted by atomic mass is 10.2. The minimum absolute atomic E-state index is 0. The number of halogens is 2. The molecule has 3 rings (SSSR count). The first-order chi connectivity index (χ1) is 10.2. The number of carbonyl (C=O) groups is 2. The zero-order valence-electron chi connectivity index (χ0n) is 13.5. The number of likely N-dealkylation sites (tertiary alicyclic amines) is 1. The summed E-state index contributed by atoms with van der Waals surface area (Å²) in [6.45, 7) is 6.35. The fraction of sp³-hybridized carbons (Fsp3) is 0.867. The molecule has 1 N–H and O–H groups in total. The molecule has 6 nitrogen and oxygen atoms in total. The number of hydrogen-bond donors (Lipinski definition) is 1. The Labute approximate surface area is 150 Å². The van der Waals surface area contributed by atoms with Crippen LogP contribution in [0, 0.1) is 0 Å². The van der Waals surface area contributed by atoms with Crippen LogP contribution in [0.4, 0.5) is 0 Å². The average Bonchev–Trinajstić information content (AvgIpc) is 3.20. The van der Waals surface area contributed by atoms with Gasteiger partial charge in [-0.3, -0.25) is 14.5 Å². The zero-order valence-corrected chi connectivity index (χ0v) is 15.2. The summed E-state index contributed by atoms with van der Waals surface area (Å²) in [7, 11) is 0. The van der Waals surface area contributed by atoms with E-state index in [9.17, 15) is 9.59 Å². The summed E-state index contributed by atoms with van der Waals surface area (Å²) >= 11 is 0. The van der Waals surface area contributed by atoms with E-state index in [0.29, 0.717) is 32.7 Å². The molecule has 0 aromatic carbocycles. The smallest absolute Gasteiger partial charge is 0.239 e.